The van der Waals surface area contributed by atoms with Gasteiger partial charge >= 0.3 is 0 Å². The molecule has 1 amide bonds. The van der Waals surface area contributed by atoms with Crippen molar-refractivity contribution in [3.63, 3.8) is 0 Å². The average Bonchev–Trinajstić information content (AvgIpc) is 2.84. The smallest absolute Gasteiger partial charge is 0.275 e. The van der Waals surface area contributed by atoms with Crippen LogP contribution in [0.1, 0.15) is 21.1 Å². The fourth-order valence-corrected chi connectivity index (χ4v) is 2.74. The number of rotatable bonds is 4. The first-order chi connectivity index (χ1) is 9.11. The second-order valence-electron chi connectivity index (χ2n) is 4.03. The summed E-state index contributed by atoms with van der Waals surface area (Å²) in [6.07, 6.45) is 0.702. The van der Waals surface area contributed by atoms with E-state index in [4.69, 9.17) is 5.73 Å². The zero-order valence-electron chi connectivity index (χ0n) is 10.4. The molecule has 100 valence electrons. The zero-order chi connectivity index (χ0) is 13.8. The van der Waals surface area contributed by atoms with Crippen LogP contribution in [-0.4, -0.2) is 17.4 Å². The highest BCUT2D eigenvalue weighted by Crippen LogP contribution is 2.24. The Morgan fingerprint density at radius 3 is 3.05 bits per heavy atom. The molecule has 1 aromatic carbocycles. The Morgan fingerprint density at radius 1 is 1.53 bits per heavy atom. The normalized spacial score (nSPS) is 10.5. The predicted molar refractivity (Wildman–Crippen MR) is 81.7 cm³/mol. The third-order valence-electron chi connectivity index (χ3n) is 2.66. The number of aromatic nitrogens is 1. The third-order valence-corrected chi connectivity index (χ3v) is 4.43. The number of anilines is 1. The van der Waals surface area contributed by atoms with Crippen molar-refractivity contribution in [1.82, 2.24) is 4.98 Å². The number of hydrogen-bond donors (Lipinski definition) is 2. The number of halogens is 1. The zero-order valence-corrected chi connectivity index (χ0v) is 12.8. The molecule has 0 aliphatic rings. The number of nitrogens with zero attached hydrogens (tertiary/aromatic N) is 1. The standard InChI is InChI=1S/C13H14BrN3OS/c1-8-9(14)3-2-4-10(8)17-13(18)11-7-19-12(16-11)5-6-15/h2-4,7H,5-6,15H2,1H3,(H,17,18). The van der Waals surface area contributed by atoms with Gasteiger partial charge in [-0.3, -0.25) is 4.79 Å². The van der Waals surface area contributed by atoms with Crippen molar-refractivity contribution in [3.05, 3.63) is 44.3 Å². The maximum absolute atomic E-state index is 12.1. The summed E-state index contributed by atoms with van der Waals surface area (Å²) in [6.45, 7) is 2.49. The Morgan fingerprint density at radius 2 is 2.32 bits per heavy atom. The van der Waals surface area contributed by atoms with E-state index in [1.165, 1.54) is 11.3 Å². The highest BCUT2D eigenvalue weighted by Gasteiger charge is 2.12. The Hall–Kier alpha value is -1.24. The van der Waals surface area contributed by atoms with Crippen molar-refractivity contribution < 1.29 is 4.79 Å². The van der Waals surface area contributed by atoms with Gasteiger partial charge in [0.15, 0.2) is 0 Å². The lowest BCUT2D eigenvalue weighted by molar-refractivity contribution is 0.102. The number of carbonyl (C=O) groups is 1. The van der Waals surface area contributed by atoms with Crippen molar-refractivity contribution in [1.29, 1.82) is 0 Å². The van der Waals surface area contributed by atoms with Crippen LogP contribution in [0.3, 0.4) is 0 Å². The topological polar surface area (TPSA) is 68.0 Å². The molecule has 0 radical (unpaired) electrons. The number of benzene rings is 1. The summed E-state index contributed by atoms with van der Waals surface area (Å²) >= 11 is 4.90. The number of thiazole rings is 1. The van der Waals surface area contributed by atoms with E-state index in [2.05, 4.69) is 26.2 Å². The monoisotopic (exact) mass is 339 g/mol. The van der Waals surface area contributed by atoms with E-state index in [0.29, 0.717) is 18.7 Å². The lowest BCUT2D eigenvalue weighted by atomic mass is 10.2. The molecule has 0 fully saturated rings. The molecule has 6 heteroatoms. The molecule has 19 heavy (non-hydrogen) atoms. The van der Waals surface area contributed by atoms with Crippen LogP contribution < -0.4 is 11.1 Å². The van der Waals surface area contributed by atoms with Crippen molar-refractivity contribution in [3.8, 4) is 0 Å². The predicted octanol–water partition coefficient (Wildman–Crippen LogP) is 2.97. The van der Waals surface area contributed by atoms with Gasteiger partial charge in [0, 0.05) is 22.0 Å². The summed E-state index contributed by atoms with van der Waals surface area (Å²) in [6, 6.07) is 5.69. The maximum atomic E-state index is 12.1. The van der Waals surface area contributed by atoms with Crippen LogP contribution in [-0.2, 0) is 6.42 Å². The van der Waals surface area contributed by atoms with E-state index >= 15 is 0 Å². The molecule has 4 nitrogen and oxygen atoms in total. The van der Waals surface area contributed by atoms with Gasteiger partial charge in [0.25, 0.3) is 5.91 Å². The van der Waals surface area contributed by atoms with Gasteiger partial charge in [-0.1, -0.05) is 22.0 Å². The van der Waals surface area contributed by atoms with Gasteiger partial charge in [0.1, 0.15) is 5.69 Å². The molecule has 0 unspecified atom stereocenters. The van der Waals surface area contributed by atoms with E-state index in [-0.39, 0.29) is 5.91 Å². The summed E-state index contributed by atoms with van der Waals surface area (Å²) < 4.78 is 0.965. The SMILES string of the molecule is Cc1c(Br)cccc1NC(=O)c1csc(CCN)n1. The van der Waals surface area contributed by atoms with Crippen LogP contribution in [0.4, 0.5) is 5.69 Å². The molecule has 0 bridgehead atoms. The molecule has 1 aromatic heterocycles. The summed E-state index contributed by atoms with van der Waals surface area (Å²) in [7, 11) is 0. The molecule has 0 atom stereocenters. The van der Waals surface area contributed by atoms with Crippen LogP contribution in [0.2, 0.25) is 0 Å². The molecule has 2 aromatic rings. The number of nitrogens with two attached hydrogens (primary N) is 1. The van der Waals surface area contributed by atoms with Crippen molar-refractivity contribution in [2.24, 2.45) is 5.73 Å². The van der Waals surface area contributed by atoms with Gasteiger partial charge in [0.05, 0.1) is 5.01 Å². The fourth-order valence-electron chi connectivity index (χ4n) is 1.58. The quantitative estimate of drug-likeness (QED) is 0.899. The summed E-state index contributed by atoms with van der Waals surface area (Å²) in [5.74, 6) is -0.194. The van der Waals surface area contributed by atoms with Gasteiger partial charge < -0.3 is 11.1 Å². The van der Waals surface area contributed by atoms with Crippen molar-refractivity contribution >= 4 is 38.9 Å². The van der Waals surface area contributed by atoms with E-state index in [1.54, 1.807) is 5.38 Å². The largest absolute Gasteiger partial charge is 0.330 e. The van der Waals surface area contributed by atoms with Crippen LogP contribution in [0, 0.1) is 6.92 Å². The van der Waals surface area contributed by atoms with Crippen LogP contribution >= 0.6 is 27.3 Å². The van der Waals surface area contributed by atoms with Crippen LogP contribution in [0.5, 0.6) is 0 Å². The first-order valence-electron chi connectivity index (χ1n) is 5.82. The molecule has 0 saturated heterocycles. The summed E-state index contributed by atoms with van der Waals surface area (Å²) in [5, 5.41) is 5.51. The Kier molecular flexibility index (Phi) is 4.68. The third kappa shape index (κ3) is 3.40. The molecule has 0 saturated carbocycles. The van der Waals surface area contributed by atoms with Gasteiger partial charge in [-0.15, -0.1) is 11.3 Å². The lowest BCUT2D eigenvalue weighted by Crippen LogP contribution is -2.13. The first kappa shape index (κ1) is 14.2. The lowest BCUT2D eigenvalue weighted by Gasteiger charge is -2.08. The van der Waals surface area contributed by atoms with E-state index in [9.17, 15) is 4.79 Å². The number of amides is 1. The second-order valence-corrected chi connectivity index (χ2v) is 5.83. The summed E-state index contributed by atoms with van der Waals surface area (Å²) in [4.78, 5) is 16.3. The molecule has 3 N–H and O–H groups in total. The van der Waals surface area contributed by atoms with E-state index in [0.717, 1.165) is 20.7 Å². The molecule has 2 rings (SSSR count). The minimum absolute atomic E-state index is 0.194. The van der Waals surface area contributed by atoms with Crippen LogP contribution in [0.15, 0.2) is 28.1 Å². The molecule has 1 heterocycles. The fraction of sp³-hybridized carbons (Fsp3) is 0.231. The minimum Gasteiger partial charge on any atom is -0.330 e. The molecular formula is C13H14BrN3OS. The Labute approximate surface area is 124 Å². The highest BCUT2D eigenvalue weighted by atomic mass is 79.9. The Balaban J connectivity index is 2.14. The number of hydrogen-bond acceptors (Lipinski definition) is 4. The average molecular weight is 340 g/mol. The number of carbonyl (C=O) groups excluding carboxylic acids is 1. The van der Waals surface area contributed by atoms with Gasteiger partial charge in [-0.25, -0.2) is 4.98 Å². The van der Waals surface area contributed by atoms with E-state index in [1.807, 2.05) is 25.1 Å². The van der Waals surface area contributed by atoms with Gasteiger partial charge in [0.2, 0.25) is 0 Å². The summed E-state index contributed by atoms with van der Waals surface area (Å²) in [5.41, 5.74) is 7.68. The number of nitrogens with one attached hydrogen (secondary N) is 1. The minimum atomic E-state index is -0.194. The molecule has 0 spiro atoms. The maximum Gasteiger partial charge on any atom is 0.275 e. The van der Waals surface area contributed by atoms with Gasteiger partial charge in [-0.05, 0) is 31.2 Å². The van der Waals surface area contributed by atoms with Crippen LogP contribution in [0.25, 0.3) is 0 Å². The van der Waals surface area contributed by atoms with E-state index < -0.39 is 0 Å². The molecular weight excluding hydrogens is 326 g/mol. The molecule has 0 aliphatic carbocycles. The van der Waals surface area contributed by atoms with Crippen molar-refractivity contribution in [2.45, 2.75) is 13.3 Å². The first-order valence-corrected chi connectivity index (χ1v) is 7.50. The highest BCUT2D eigenvalue weighted by molar-refractivity contribution is 9.10. The second kappa shape index (κ2) is 6.27. The molecule has 0 aliphatic heterocycles. The van der Waals surface area contributed by atoms with Crippen molar-refractivity contribution in [2.75, 3.05) is 11.9 Å². The van der Waals surface area contributed by atoms with Gasteiger partial charge in [-0.2, -0.15) is 0 Å². The Bertz CT molecular complexity index is 597.